The average molecular weight is 337 g/mol. The van der Waals surface area contributed by atoms with E-state index in [0.29, 0.717) is 11.7 Å². The monoisotopic (exact) mass is 337 g/mol. The smallest absolute Gasteiger partial charge is 0.263 e. The summed E-state index contributed by atoms with van der Waals surface area (Å²) in [6, 6.07) is 13.7. The van der Waals surface area contributed by atoms with Gasteiger partial charge in [0, 0.05) is 23.9 Å². The number of carbonyl (C=O) groups excluding carboxylic acids is 1. The molecule has 0 N–H and O–H groups in total. The first-order chi connectivity index (χ1) is 12.1. The number of benzene rings is 2. The van der Waals surface area contributed by atoms with Crippen molar-refractivity contribution in [2.75, 3.05) is 13.1 Å². The fourth-order valence-corrected chi connectivity index (χ4v) is 3.52. The minimum Gasteiger partial charge on any atom is -0.481 e. The van der Waals surface area contributed by atoms with Gasteiger partial charge in [-0.2, -0.15) is 0 Å². The third-order valence-electron chi connectivity index (χ3n) is 5.10. The Hall–Kier alpha value is -2.49. The highest BCUT2D eigenvalue weighted by Gasteiger charge is 2.25. The Morgan fingerprint density at radius 3 is 2.64 bits per heavy atom. The lowest BCUT2D eigenvalue weighted by Gasteiger charge is -2.32. The van der Waals surface area contributed by atoms with Crippen LogP contribution in [-0.2, 0) is 4.79 Å². The van der Waals surface area contributed by atoms with E-state index in [0.717, 1.165) is 47.9 Å². The maximum atomic E-state index is 12.6. The van der Waals surface area contributed by atoms with Crippen LogP contribution in [0.3, 0.4) is 0 Å². The van der Waals surface area contributed by atoms with Crippen LogP contribution < -0.4 is 4.74 Å². The van der Waals surface area contributed by atoms with Crippen LogP contribution in [0.25, 0.3) is 21.9 Å². The van der Waals surface area contributed by atoms with E-state index in [1.165, 1.54) is 0 Å². The Bertz CT molecular complexity index is 906. The number of hydrogen-bond donors (Lipinski definition) is 0. The largest absolute Gasteiger partial charge is 0.481 e. The van der Waals surface area contributed by atoms with Gasteiger partial charge in [-0.3, -0.25) is 4.79 Å². The van der Waals surface area contributed by atoms with Gasteiger partial charge in [-0.25, -0.2) is 0 Å². The predicted molar refractivity (Wildman–Crippen MR) is 98.8 cm³/mol. The quantitative estimate of drug-likeness (QED) is 0.701. The van der Waals surface area contributed by atoms with E-state index in [1.807, 2.05) is 54.3 Å². The zero-order valence-electron chi connectivity index (χ0n) is 14.7. The molecule has 0 bridgehead atoms. The van der Waals surface area contributed by atoms with Crippen LogP contribution in [0.15, 0.2) is 46.9 Å². The van der Waals surface area contributed by atoms with Crippen LogP contribution in [0.2, 0.25) is 0 Å². The number of fused-ring (bicyclic) bond motifs is 3. The number of ether oxygens (including phenoxy) is 1. The third-order valence-corrected chi connectivity index (χ3v) is 5.10. The van der Waals surface area contributed by atoms with Gasteiger partial charge < -0.3 is 14.1 Å². The topological polar surface area (TPSA) is 42.7 Å². The molecule has 2 aromatic carbocycles. The zero-order chi connectivity index (χ0) is 17.4. The molecule has 4 nitrogen and oxygen atoms in total. The normalized spacial score (nSPS) is 17.1. The van der Waals surface area contributed by atoms with Crippen molar-refractivity contribution < 1.29 is 13.9 Å². The van der Waals surface area contributed by atoms with E-state index in [2.05, 4.69) is 6.92 Å². The zero-order valence-corrected chi connectivity index (χ0v) is 14.7. The molecule has 1 unspecified atom stereocenters. The van der Waals surface area contributed by atoms with Crippen LogP contribution in [0.5, 0.6) is 5.75 Å². The molecule has 3 aromatic rings. The summed E-state index contributed by atoms with van der Waals surface area (Å²) in [6.07, 6.45) is 1.67. The number of piperidine rings is 1. The molecule has 25 heavy (non-hydrogen) atoms. The molecule has 4 rings (SSSR count). The van der Waals surface area contributed by atoms with Crippen LogP contribution in [0.1, 0.15) is 26.7 Å². The summed E-state index contributed by atoms with van der Waals surface area (Å²) in [6.45, 7) is 5.74. The van der Waals surface area contributed by atoms with Gasteiger partial charge in [0.15, 0.2) is 6.10 Å². The molecule has 1 aromatic heterocycles. The molecule has 0 radical (unpaired) electrons. The second-order valence-corrected chi connectivity index (χ2v) is 7.02. The maximum absolute atomic E-state index is 12.6. The van der Waals surface area contributed by atoms with Crippen molar-refractivity contribution in [1.82, 2.24) is 4.90 Å². The minimum absolute atomic E-state index is 0.0732. The molecule has 0 aliphatic carbocycles. The van der Waals surface area contributed by atoms with E-state index in [4.69, 9.17) is 9.15 Å². The summed E-state index contributed by atoms with van der Waals surface area (Å²) in [4.78, 5) is 14.5. The van der Waals surface area contributed by atoms with Crippen molar-refractivity contribution in [3.63, 3.8) is 0 Å². The van der Waals surface area contributed by atoms with Gasteiger partial charge in [0.2, 0.25) is 0 Å². The first-order valence-corrected chi connectivity index (χ1v) is 8.98. The molecule has 1 aliphatic rings. The van der Waals surface area contributed by atoms with Gasteiger partial charge >= 0.3 is 0 Å². The fourth-order valence-electron chi connectivity index (χ4n) is 3.52. The van der Waals surface area contributed by atoms with Crippen LogP contribution >= 0.6 is 0 Å². The molecule has 1 atom stereocenters. The number of amides is 1. The molecule has 0 spiro atoms. The Morgan fingerprint density at radius 1 is 1.12 bits per heavy atom. The SMILES string of the molecule is CC1CCN(C(=O)C(C)Oc2ccc3oc4ccccc4c3c2)CC1. The highest BCUT2D eigenvalue weighted by molar-refractivity contribution is 6.05. The first kappa shape index (κ1) is 16.0. The van der Waals surface area contributed by atoms with Crippen LogP contribution in [-0.4, -0.2) is 30.0 Å². The van der Waals surface area contributed by atoms with Crippen molar-refractivity contribution >= 4 is 27.8 Å². The Kier molecular flexibility index (Phi) is 4.12. The Labute approximate surface area is 147 Å². The summed E-state index contributed by atoms with van der Waals surface area (Å²) in [5.74, 6) is 1.48. The van der Waals surface area contributed by atoms with Crippen LogP contribution in [0.4, 0.5) is 0 Å². The molecule has 4 heteroatoms. The lowest BCUT2D eigenvalue weighted by Crippen LogP contribution is -2.44. The lowest BCUT2D eigenvalue weighted by atomic mass is 9.99. The van der Waals surface area contributed by atoms with Gasteiger partial charge in [0.25, 0.3) is 5.91 Å². The van der Waals surface area contributed by atoms with E-state index in [-0.39, 0.29) is 5.91 Å². The number of likely N-dealkylation sites (tertiary alicyclic amines) is 1. The predicted octanol–water partition coefficient (Wildman–Crippen LogP) is 4.61. The number of carbonyl (C=O) groups is 1. The van der Waals surface area contributed by atoms with Crippen molar-refractivity contribution in [3.8, 4) is 5.75 Å². The van der Waals surface area contributed by atoms with Gasteiger partial charge in [-0.1, -0.05) is 25.1 Å². The summed E-state index contributed by atoms with van der Waals surface area (Å²) in [7, 11) is 0. The molecule has 2 heterocycles. The summed E-state index contributed by atoms with van der Waals surface area (Å²) in [5, 5.41) is 2.08. The van der Waals surface area contributed by atoms with Crippen molar-refractivity contribution in [1.29, 1.82) is 0 Å². The van der Waals surface area contributed by atoms with E-state index < -0.39 is 6.10 Å². The van der Waals surface area contributed by atoms with Crippen molar-refractivity contribution in [2.45, 2.75) is 32.8 Å². The maximum Gasteiger partial charge on any atom is 0.263 e. The number of para-hydroxylation sites is 1. The molecular weight excluding hydrogens is 314 g/mol. The lowest BCUT2D eigenvalue weighted by molar-refractivity contribution is -0.139. The van der Waals surface area contributed by atoms with E-state index in [1.54, 1.807) is 0 Å². The molecule has 130 valence electrons. The molecule has 1 aliphatic heterocycles. The standard InChI is InChI=1S/C21H23NO3/c1-14-9-11-22(12-10-14)21(23)15(2)24-16-7-8-20-18(13-16)17-5-3-4-6-19(17)25-20/h3-8,13-15H,9-12H2,1-2H3. The number of rotatable bonds is 3. The number of nitrogens with zero attached hydrogens (tertiary/aromatic N) is 1. The first-order valence-electron chi connectivity index (χ1n) is 8.98. The van der Waals surface area contributed by atoms with Gasteiger partial charge in [-0.15, -0.1) is 0 Å². The number of furan rings is 1. The average Bonchev–Trinajstić information content (AvgIpc) is 3.00. The second kappa shape index (κ2) is 6.43. The van der Waals surface area contributed by atoms with Gasteiger partial charge in [0.05, 0.1) is 0 Å². The third kappa shape index (κ3) is 3.09. The Morgan fingerprint density at radius 2 is 1.84 bits per heavy atom. The molecule has 0 saturated carbocycles. The molecule has 1 saturated heterocycles. The van der Waals surface area contributed by atoms with Gasteiger partial charge in [0.1, 0.15) is 16.9 Å². The molecule has 1 fully saturated rings. The van der Waals surface area contributed by atoms with Crippen molar-refractivity contribution in [3.05, 3.63) is 42.5 Å². The fraction of sp³-hybridized carbons (Fsp3) is 0.381. The number of hydrogen-bond acceptors (Lipinski definition) is 3. The van der Waals surface area contributed by atoms with E-state index >= 15 is 0 Å². The van der Waals surface area contributed by atoms with Crippen LogP contribution in [0, 0.1) is 5.92 Å². The molecular formula is C21H23NO3. The van der Waals surface area contributed by atoms with Gasteiger partial charge in [-0.05, 0) is 49.9 Å². The minimum atomic E-state index is -0.482. The molecule has 1 amide bonds. The highest BCUT2D eigenvalue weighted by atomic mass is 16.5. The Balaban J connectivity index is 1.53. The second-order valence-electron chi connectivity index (χ2n) is 7.02. The van der Waals surface area contributed by atoms with Crippen molar-refractivity contribution in [2.24, 2.45) is 5.92 Å². The summed E-state index contributed by atoms with van der Waals surface area (Å²) in [5.41, 5.74) is 1.69. The summed E-state index contributed by atoms with van der Waals surface area (Å²) >= 11 is 0. The van der Waals surface area contributed by atoms with E-state index in [9.17, 15) is 4.79 Å². The highest BCUT2D eigenvalue weighted by Crippen LogP contribution is 2.31. The summed E-state index contributed by atoms with van der Waals surface area (Å²) < 4.78 is 11.8.